The van der Waals surface area contributed by atoms with Crippen LogP contribution < -0.4 is 60.6 Å². The standard InChI is InChI=1S/C30H54N12O12/c1-5-12(2)22(29(53)54)41-25(49)16(9-18(31)45)38-20(47)11-37-28(52)23(14(4)44)42-26(50)17(10-19(32)46)40-24(48)15(7-6-8-36-30(34)35)39-27(51)21(33)13(3)43/h12-17,21-23,43-44H,5-11,33H2,1-4H3,(H2,31,45)(H2,32,46)(H,37,52)(H,38,47)(H,39,51)(H,40,48)(H,41,49)(H,42,50)(H,53,54)(H4,34,35,36)/t12-,13+,14+,15-,16-,17-,21-,22-,23-/m0/s1. The zero-order valence-electron chi connectivity index (χ0n) is 30.5. The Morgan fingerprint density at radius 1 is 0.648 bits per heavy atom. The minimum Gasteiger partial charge on any atom is -0.480 e. The van der Waals surface area contributed by atoms with Gasteiger partial charge in [0.25, 0.3) is 0 Å². The number of primary amides is 2. The molecule has 0 fully saturated rings. The molecule has 0 saturated heterocycles. The van der Waals surface area contributed by atoms with Gasteiger partial charge in [0.2, 0.25) is 47.3 Å². The first-order chi connectivity index (χ1) is 25.0. The molecule has 24 nitrogen and oxygen atoms in total. The second-order valence-corrected chi connectivity index (χ2v) is 12.5. The van der Waals surface area contributed by atoms with Crippen molar-refractivity contribution in [3.63, 3.8) is 0 Å². The number of amides is 8. The van der Waals surface area contributed by atoms with E-state index in [1.165, 1.54) is 6.92 Å². The minimum absolute atomic E-state index is 0.0290. The van der Waals surface area contributed by atoms with Gasteiger partial charge in [-0.1, -0.05) is 20.3 Å². The van der Waals surface area contributed by atoms with Crippen molar-refractivity contribution in [3.05, 3.63) is 0 Å². The summed E-state index contributed by atoms with van der Waals surface area (Å²) in [6.45, 7) is 4.71. The normalized spacial score (nSPS) is 15.8. The Labute approximate surface area is 310 Å². The number of nitrogens with one attached hydrogen (secondary N) is 6. The molecule has 9 atom stereocenters. The smallest absolute Gasteiger partial charge is 0.326 e. The molecule has 0 aliphatic carbocycles. The molecule has 0 unspecified atom stereocenters. The molecule has 0 aliphatic heterocycles. The van der Waals surface area contributed by atoms with Crippen molar-refractivity contribution < 1.29 is 58.5 Å². The molecule has 0 saturated carbocycles. The third-order valence-electron chi connectivity index (χ3n) is 7.76. The number of carboxylic acids is 1. The minimum atomic E-state index is -1.81. The Balaban J connectivity index is 5.89. The van der Waals surface area contributed by atoms with Gasteiger partial charge in [0.15, 0.2) is 5.96 Å². The van der Waals surface area contributed by atoms with E-state index in [2.05, 4.69) is 36.9 Å². The second-order valence-electron chi connectivity index (χ2n) is 12.5. The fourth-order valence-electron chi connectivity index (χ4n) is 4.47. The van der Waals surface area contributed by atoms with Crippen LogP contribution in [0.25, 0.3) is 0 Å². The molecule has 8 amide bonds. The lowest BCUT2D eigenvalue weighted by Crippen LogP contribution is -2.61. The maximum atomic E-state index is 13.3. The molecule has 0 aromatic rings. The summed E-state index contributed by atoms with van der Waals surface area (Å²) in [5.74, 6) is -10.6. The van der Waals surface area contributed by atoms with Gasteiger partial charge in [-0.05, 0) is 32.6 Å². The van der Waals surface area contributed by atoms with Gasteiger partial charge in [-0.2, -0.15) is 0 Å². The monoisotopic (exact) mass is 774 g/mol. The first-order valence-electron chi connectivity index (χ1n) is 16.8. The van der Waals surface area contributed by atoms with Gasteiger partial charge in [-0.3, -0.25) is 43.3 Å². The van der Waals surface area contributed by atoms with Crippen molar-refractivity contribution in [2.75, 3.05) is 13.1 Å². The van der Waals surface area contributed by atoms with E-state index in [1.807, 2.05) is 0 Å². The summed E-state index contributed by atoms with van der Waals surface area (Å²) in [5.41, 5.74) is 26.7. The quantitative estimate of drug-likeness (QED) is 0.0233. The number of rotatable bonds is 25. The number of carbonyl (C=O) groups is 9. The van der Waals surface area contributed by atoms with E-state index in [1.54, 1.807) is 13.8 Å². The van der Waals surface area contributed by atoms with Crippen molar-refractivity contribution in [1.82, 2.24) is 31.9 Å². The van der Waals surface area contributed by atoms with Crippen LogP contribution in [0.5, 0.6) is 0 Å². The number of carboxylic acid groups (broad SMARTS) is 1. The number of hydrogen-bond acceptors (Lipinski definition) is 13. The molecule has 0 heterocycles. The average Bonchev–Trinajstić information content (AvgIpc) is 3.07. The third-order valence-corrected chi connectivity index (χ3v) is 7.76. The van der Waals surface area contributed by atoms with Crippen LogP contribution in [0.1, 0.15) is 59.8 Å². The molecule has 54 heavy (non-hydrogen) atoms. The lowest BCUT2D eigenvalue weighted by atomic mass is 9.98. The molecule has 0 aliphatic rings. The highest BCUT2D eigenvalue weighted by molar-refractivity contribution is 5.98. The summed E-state index contributed by atoms with van der Waals surface area (Å²) in [5, 5.41) is 42.6. The lowest BCUT2D eigenvalue weighted by molar-refractivity contribution is -0.144. The van der Waals surface area contributed by atoms with Crippen molar-refractivity contribution in [3.8, 4) is 0 Å². The van der Waals surface area contributed by atoms with E-state index >= 15 is 0 Å². The number of nitrogens with two attached hydrogens (primary N) is 5. The second kappa shape index (κ2) is 23.8. The number of hydrogen-bond donors (Lipinski definition) is 14. The van der Waals surface area contributed by atoms with Gasteiger partial charge in [0.05, 0.1) is 31.6 Å². The summed E-state index contributed by atoms with van der Waals surface area (Å²) in [6.07, 6.45) is -4.13. The molecule has 0 bridgehead atoms. The van der Waals surface area contributed by atoms with Crippen LogP contribution in [0.2, 0.25) is 0 Å². The number of aliphatic hydroxyl groups excluding tert-OH is 2. The Morgan fingerprint density at radius 2 is 1.13 bits per heavy atom. The van der Waals surface area contributed by atoms with Crippen LogP contribution in [-0.2, 0) is 43.2 Å². The van der Waals surface area contributed by atoms with Crippen LogP contribution >= 0.6 is 0 Å². The van der Waals surface area contributed by atoms with Gasteiger partial charge in [0.1, 0.15) is 36.3 Å². The largest absolute Gasteiger partial charge is 0.480 e. The Kier molecular flexibility index (Phi) is 21.4. The lowest BCUT2D eigenvalue weighted by Gasteiger charge is -2.26. The Hall–Kier alpha value is -5.62. The van der Waals surface area contributed by atoms with E-state index < -0.39 is 127 Å². The van der Waals surface area contributed by atoms with Gasteiger partial charge < -0.3 is 75.9 Å². The molecule has 0 aromatic heterocycles. The molecule has 24 heteroatoms. The first-order valence-corrected chi connectivity index (χ1v) is 16.8. The van der Waals surface area contributed by atoms with E-state index in [4.69, 9.17) is 28.7 Å². The molecular formula is C30H54N12O12. The van der Waals surface area contributed by atoms with Gasteiger partial charge in [0, 0.05) is 6.54 Å². The van der Waals surface area contributed by atoms with Crippen LogP contribution in [0, 0.1) is 5.92 Å². The van der Waals surface area contributed by atoms with Crippen LogP contribution in [0.3, 0.4) is 0 Å². The highest BCUT2D eigenvalue weighted by Gasteiger charge is 2.34. The van der Waals surface area contributed by atoms with Gasteiger partial charge in [-0.15, -0.1) is 0 Å². The van der Waals surface area contributed by atoms with Gasteiger partial charge in [-0.25, -0.2) is 4.79 Å². The predicted octanol–water partition coefficient (Wildman–Crippen LogP) is -7.45. The van der Waals surface area contributed by atoms with Gasteiger partial charge >= 0.3 is 5.97 Å². The molecule has 0 radical (unpaired) electrons. The maximum Gasteiger partial charge on any atom is 0.326 e. The fourth-order valence-corrected chi connectivity index (χ4v) is 4.47. The number of nitrogens with zero attached hydrogens (tertiary/aromatic N) is 1. The van der Waals surface area contributed by atoms with Crippen LogP contribution in [0.4, 0.5) is 0 Å². The third kappa shape index (κ3) is 18.2. The van der Waals surface area contributed by atoms with E-state index in [9.17, 15) is 58.5 Å². The molecular weight excluding hydrogens is 720 g/mol. The SMILES string of the molecule is CC[C@H](C)[C@H](NC(=O)[C@H](CC(N)=O)NC(=O)CNC(=O)[C@@H](NC(=O)[C@H](CC(N)=O)NC(=O)[C@H](CCCN=C(N)N)NC(=O)[C@@H](N)[C@@H](C)O)[C@@H](C)O)C(=O)O. The van der Waals surface area contributed by atoms with E-state index in [0.29, 0.717) is 6.42 Å². The summed E-state index contributed by atoms with van der Waals surface area (Å²) < 4.78 is 0. The molecule has 19 N–H and O–H groups in total. The van der Waals surface area contributed by atoms with Crippen molar-refractivity contribution in [2.24, 2.45) is 39.6 Å². The van der Waals surface area contributed by atoms with Crippen molar-refractivity contribution in [1.29, 1.82) is 0 Å². The maximum absolute atomic E-state index is 13.3. The van der Waals surface area contributed by atoms with Crippen LogP contribution in [0.15, 0.2) is 4.99 Å². The highest BCUT2D eigenvalue weighted by atomic mass is 16.4. The molecule has 306 valence electrons. The topological polar surface area (TPSA) is 429 Å². The van der Waals surface area contributed by atoms with Crippen molar-refractivity contribution in [2.45, 2.75) is 108 Å². The first kappa shape index (κ1) is 48.4. The number of guanidine groups is 1. The average molecular weight is 775 g/mol. The summed E-state index contributed by atoms with van der Waals surface area (Å²) in [7, 11) is 0. The zero-order chi connectivity index (χ0) is 41.9. The van der Waals surface area contributed by atoms with Crippen LogP contribution in [-0.4, -0.2) is 136 Å². The number of aliphatic carboxylic acids is 1. The Bertz CT molecular complexity index is 1390. The van der Waals surface area contributed by atoms with E-state index in [0.717, 1.165) is 6.92 Å². The summed E-state index contributed by atoms with van der Waals surface area (Å²) >= 11 is 0. The molecule has 0 aromatic carbocycles. The summed E-state index contributed by atoms with van der Waals surface area (Å²) in [6, 6.07) is -9.42. The highest BCUT2D eigenvalue weighted by Crippen LogP contribution is 2.09. The van der Waals surface area contributed by atoms with E-state index in [-0.39, 0.29) is 25.3 Å². The molecule has 0 spiro atoms. The van der Waals surface area contributed by atoms with Crippen molar-refractivity contribution >= 4 is 59.2 Å². The summed E-state index contributed by atoms with van der Waals surface area (Å²) in [4.78, 5) is 116. The zero-order valence-corrected chi connectivity index (χ0v) is 30.5. The number of carbonyl (C=O) groups excluding carboxylic acids is 8. The Morgan fingerprint density at radius 3 is 1.57 bits per heavy atom. The fraction of sp³-hybridized carbons (Fsp3) is 0.667. The molecule has 0 rings (SSSR count). The predicted molar refractivity (Wildman–Crippen MR) is 189 cm³/mol. The number of aliphatic imine (C=N–C) groups is 1. The number of aliphatic hydroxyl groups is 2.